The Morgan fingerprint density at radius 2 is 2.07 bits per heavy atom. The molecule has 0 aliphatic rings. The lowest BCUT2D eigenvalue weighted by molar-refractivity contribution is -0.118. The average Bonchev–Trinajstić information content (AvgIpc) is 3.13. The van der Waals surface area contributed by atoms with Gasteiger partial charge in [-0.3, -0.25) is 9.69 Å². The number of unbranched alkanes of at least 4 members (excludes halogenated alkanes) is 1. The molecule has 0 aliphatic heterocycles. The summed E-state index contributed by atoms with van der Waals surface area (Å²) in [5.41, 5.74) is 2.64. The first-order valence-electron chi connectivity index (χ1n) is 9.55. The van der Waals surface area contributed by atoms with E-state index in [0.29, 0.717) is 25.1 Å². The molecule has 28 heavy (non-hydrogen) atoms. The molecule has 1 amide bonds. The fourth-order valence-electron chi connectivity index (χ4n) is 2.99. The normalized spacial score (nSPS) is 10.6. The quantitative estimate of drug-likeness (QED) is 0.421. The molecule has 3 rings (SSSR count). The fraction of sp³-hybridized carbons (Fsp3) is 0.318. The third kappa shape index (κ3) is 4.68. The number of aryl methyl sites for hydroxylation is 1. The molecule has 2 aromatic carbocycles. The van der Waals surface area contributed by atoms with Gasteiger partial charge in [-0.2, -0.15) is 5.26 Å². The van der Waals surface area contributed by atoms with E-state index in [4.69, 9.17) is 4.84 Å². The zero-order valence-electron chi connectivity index (χ0n) is 16.0. The molecule has 0 fully saturated rings. The highest BCUT2D eigenvalue weighted by Gasteiger charge is 2.17. The van der Waals surface area contributed by atoms with Crippen molar-refractivity contribution in [2.75, 3.05) is 18.1 Å². The molecule has 0 saturated heterocycles. The molecule has 3 aromatic rings. The summed E-state index contributed by atoms with van der Waals surface area (Å²) in [4.78, 5) is 21.4. The first-order valence-corrected chi connectivity index (χ1v) is 9.55. The van der Waals surface area contributed by atoms with E-state index in [9.17, 15) is 10.1 Å². The maximum atomic E-state index is 12.8. The van der Waals surface area contributed by atoms with Crippen LogP contribution in [0.2, 0.25) is 0 Å². The van der Waals surface area contributed by atoms with Crippen LogP contribution in [0.25, 0.3) is 10.9 Å². The summed E-state index contributed by atoms with van der Waals surface area (Å²) in [6.07, 6.45) is 4.73. The molecule has 1 aromatic heterocycles. The Balaban J connectivity index is 1.74. The number of benzene rings is 2. The van der Waals surface area contributed by atoms with Gasteiger partial charge in [0.15, 0.2) is 0 Å². The van der Waals surface area contributed by atoms with Crippen LogP contribution in [0.5, 0.6) is 0 Å². The number of carbonyl (C=O) groups excluding carboxylic acids is 1. The lowest BCUT2D eigenvalue weighted by Crippen LogP contribution is -2.31. The molecule has 0 radical (unpaired) electrons. The third-order valence-corrected chi connectivity index (χ3v) is 4.54. The molecule has 0 N–H and O–H groups in total. The molecule has 0 unspecified atom stereocenters. The van der Waals surface area contributed by atoms with E-state index in [1.165, 1.54) is 9.75 Å². The van der Waals surface area contributed by atoms with Crippen LogP contribution in [0.3, 0.4) is 0 Å². The number of amides is 1. The van der Waals surface area contributed by atoms with Crippen LogP contribution in [0.4, 0.5) is 5.69 Å². The maximum absolute atomic E-state index is 12.8. The van der Waals surface area contributed by atoms with Crippen LogP contribution in [-0.2, 0) is 11.2 Å². The van der Waals surface area contributed by atoms with E-state index in [1.807, 2.05) is 48.5 Å². The lowest BCUT2D eigenvalue weighted by Gasteiger charge is -2.20. The standard InChI is InChI=1S/C22H24N4O2/c1-2-3-15-28-26-21-11-10-20(16-19(21)17-24-26)25(14-13-23)22(27)12-9-18-7-5-4-6-8-18/h4-8,10-11,16-17H,2-3,9,12,14-15H2,1H3. The highest BCUT2D eigenvalue weighted by atomic mass is 16.7. The van der Waals surface area contributed by atoms with E-state index in [0.717, 1.165) is 29.3 Å². The number of nitrogens with zero attached hydrogens (tertiary/aromatic N) is 4. The van der Waals surface area contributed by atoms with Gasteiger partial charge in [-0.1, -0.05) is 48.5 Å². The van der Waals surface area contributed by atoms with Crippen molar-refractivity contribution in [2.24, 2.45) is 0 Å². The van der Waals surface area contributed by atoms with Crippen molar-refractivity contribution in [3.63, 3.8) is 0 Å². The Morgan fingerprint density at radius 3 is 2.82 bits per heavy atom. The monoisotopic (exact) mass is 376 g/mol. The second kappa shape index (κ2) is 9.56. The number of hydrogen-bond donors (Lipinski definition) is 0. The number of anilines is 1. The molecule has 144 valence electrons. The Kier molecular flexibility index (Phi) is 6.64. The van der Waals surface area contributed by atoms with Gasteiger partial charge in [0.25, 0.3) is 0 Å². The number of aromatic nitrogens is 2. The van der Waals surface area contributed by atoms with Crippen LogP contribution in [-0.4, -0.2) is 29.0 Å². The summed E-state index contributed by atoms with van der Waals surface area (Å²) < 4.78 is 0. The summed E-state index contributed by atoms with van der Waals surface area (Å²) in [5.74, 6) is -0.0728. The number of fused-ring (bicyclic) bond motifs is 1. The van der Waals surface area contributed by atoms with E-state index in [-0.39, 0.29) is 12.5 Å². The zero-order chi connectivity index (χ0) is 19.8. The van der Waals surface area contributed by atoms with Gasteiger partial charge in [-0.25, -0.2) is 0 Å². The topological polar surface area (TPSA) is 71.2 Å². The van der Waals surface area contributed by atoms with E-state index >= 15 is 0 Å². The number of hydrogen-bond acceptors (Lipinski definition) is 4. The Bertz CT molecular complexity index is 960. The minimum Gasteiger partial charge on any atom is -0.396 e. The Hall–Kier alpha value is -3.33. The molecule has 0 bridgehead atoms. The van der Waals surface area contributed by atoms with Crippen molar-refractivity contribution in [1.29, 1.82) is 5.26 Å². The zero-order valence-corrected chi connectivity index (χ0v) is 16.0. The summed E-state index contributed by atoms with van der Waals surface area (Å²) >= 11 is 0. The molecule has 0 aliphatic carbocycles. The van der Waals surface area contributed by atoms with Gasteiger partial charge in [0.1, 0.15) is 18.7 Å². The number of carbonyl (C=O) groups is 1. The van der Waals surface area contributed by atoms with Gasteiger partial charge in [0.2, 0.25) is 5.91 Å². The number of rotatable bonds is 9. The summed E-state index contributed by atoms with van der Waals surface area (Å²) in [7, 11) is 0. The number of nitriles is 1. The van der Waals surface area contributed by atoms with Crippen LogP contribution in [0.15, 0.2) is 54.7 Å². The second-order valence-electron chi connectivity index (χ2n) is 6.57. The van der Waals surface area contributed by atoms with Crippen LogP contribution >= 0.6 is 0 Å². The highest BCUT2D eigenvalue weighted by Crippen LogP contribution is 2.23. The van der Waals surface area contributed by atoms with Crippen molar-refractivity contribution in [2.45, 2.75) is 32.6 Å². The average molecular weight is 376 g/mol. The molecule has 6 heteroatoms. The SMILES string of the molecule is CCCCOn1ncc2cc(N(CC#N)C(=O)CCc3ccccc3)ccc21. The van der Waals surface area contributed by atoms with Gasteiger partial charge in [-0.05, 0) is 36.6 Å². The molecule has 6 nitrogen and oxygen atoms in total. The van der Waals surface area contributed by atoms with Crippen LogP contribution in [0, 0.1) is 11.3 Å². The van der Waals surface area contributed by atoms with Crippen molar-refractivity contribution in [1.82, 2.24) is 9.94 Å². The minimum absolute atomic E-state index is 0.0142. The van der Waals surface area contributed by atoms with Gasteiger partial charge in [-0.15, -0.1) is 5.10 Å². The fourth-order valence-corrected chi connectivity index (χ4v) is 2.99. The van der Waals surface area contributed by atoms with Crippen molar-refractivity contribution < 1.29 is 9.63 Å². The predicted molar refractivity (Wildman–Crippen MR) is 109 cm³/mol. The molecule has 0 spiro atoms. The Labute approximate surface area is 164 Å². The van der Waals surface area contributed by atoms with Gasteiger partial charge in [0, 0.05) is 17.5 Å². The van der Waals surface area contributed by atoms with Gasteiger partial charge < -0.3 is 4.84 Å². The van der Waals surface area contributed by atoms with Crippen molar-refractivity contribution in [3.8, 4) is 6.07 Å². The summed E-state index contributed by atoms with van der Waals surface area (Å²) in [5, 5.41) is 14.3. The molecule has 0 saturated carbocycles. The largest absolute Gasteiger partial charge is 0.396 e. The van der Waals surface area contributed by atoms with E-state index in [2.05, 4.69) is 18.1 Å². The highest BCUT2D eigenvalue weighted by molar-refractivity contribution is 5.96. The predicted octanol–water partition coefficient (Wildman–Crippen LogP) is 3.75. The third-order valence-electron chi connectivity index (χ3n) is 4.54. The van der Waals surface area contributed by atoms with E-state index < -0.39 is 0 Å². The summed E-state index contributed by atoms with van der Waals surface area (Å²) in [6.45, 7) is 2.73. The van der Waals surface area contributed by atoms with Gasteiger partial charge >= 0.3 is 0 Å². The Morgan fingerprint density at radius 1 is 1.25 bits per heavy atom. The first kappa shape index (κ1) is 19.4. The maximum Gasteiger partial charge on any atom is 0.228 e. The molecular weight excluding hydrogens is 352 g/mol. The van der Waals surface area contributed by atoms with Crippen LogP contribution in [0.1, 0.15) is 31.7 Å². The second-order valence-corrected chi connectivity index (χ2v) is 6.57. The van der Waals surface area contributed by atoms with E-state index in [1.54, 1.807) is 6.20 Å². The first-order chi connectivity index (χ1) is 13.7. The molecule has 1 heterocycles. The van der Waals surface area contributed by atoms with Crippen LogP contribution < -0.4 is 9.74 Å². The van der Waals surface area contributed by atoms with Crippen molar-refractivity contribution >= 4 is 22.5 Å². The molecular formula is C22H24N4O2. The summed E-state index contributed by atoms with van der Waals surface area (Å²) in [6, 6.07) is 17.5. The smallest absolute Gasteiger partial charge is 0.228 e. The van der Waals surface area contributed by atoms with Gasteiger partial charge in [0.05, 0.1) is 12.3 Å². The lowest BCUT2D eigenvalue weighted by atomic mass is 10.1. The van der Waals surface area contributed by atoms with Crippen molar-refractivity contribution in [3.05, 3.63) is 60.3 Å². The molecule has 0 atom stereocenters. The minimum atomic E-state index is -0.0728.